The Morgan fingerprint density at radius 3 is 1.90 bits per heavy atom. The molecule has 5 heterocycles. The lowest BCUT2D eigenvalue weighted by Crippen LogP contribution is -2.61. The van der Waals surface area contributed by atoms with Crippen molar-refractivity contribution < 1.29 is 103 Å². The number of carbonyl (C=O) groups is 3. The molecule has 0 radical (unpaired) electrons. The number of nitrogens with zero attached hydrogens (tertiary/aromatic N) is 2. The first-order chi connectivity index (χ1) is 43.8. The number of esters is 1. The highest BCUT2D eigenvalue weighted by atomic mass is 35.5. The van der Waals surface area contributed by atoms with Gasteiger partial charge in [-0.3, -0.25) is 14.4 Å². The number of aliphatic carboxylic acids is 1. The van der Waals surface area contributed by atoms with E-state index < -0.39 is 182 Å². The molecule has 16 N–H and O–H groups in total. The smallest absolute Gasteiger partial charge is 0.341 e. The molecule has 2 aliphatic carbocycles. The third kappa shape index (κ3) is 19.5. The third-order valence-corrected chi connectivity index (χ3v) is 18.8. The van der Waals surface area contributed by atoms with Crippen molar-refractivity contribution in [3.8, 4) is 0 Å². The Bertz CT molecular complexity index is 3180. The van der Waals surface area contributed by atoms with Crippen LogP contribution in [0.4, 0.5) is 14.5 Å². The summed E-state index contributed by atoms with van der Waals surface area (Å²) in [5, 5.41) is 127. The number of halogens is 3. The molecule has 6 aliphatic rings. The number of nitrogens with two attached hydrogens (primary N) is 2. The van der Waals surface area contributed by atoms with Crippen molar-refractivity contribution in [1.82, 2.24) is 4.57 Å². The van der Waals surface area contributed by atoms with E-state index in [-0.39, 0.29) is 71.1 Å². The number of pyridine rings is 1. The zero-order valence-corrected chi connectivity index (χ0v) is 53.1. The molecule has 6 unspecified atom stereocenters. The quantitative estimate of drug-likeness (QED) is 0.184. The number of aromatic nitrogens is 1. The molecule has 1 aromatic heterocycles. The fourth-order valence-corrected chi connectivity index (χ4v) is 12.8. The highest BCUT2D eigenvalue weighted by molar-refractivity contribution is 6.38. The molecule has 1 aromatic carbocycles. The molecule has 2 aromatic rings. The fraction of sp³-hybridized carbons (Fsp3) is 0.606. The van der Waals surface area contributed by atoms with Crippen LogP contribution in [0, 0.1) is 29.0 Å². The molecule has 1 spiro atoms. The number of allylic oxidation sites excluding steroid dienone is 12. The number of aromatic carboxylic acids is 1. The molecule has 0 amide bonds. The van der Waals surface area contributed by atoms with Gasteiger partial charge in [-0.1, -0.05) is 111 Å². The Hall–Kier alpha value is -5.63. The molecule has 4 aliphatic heterocycles. The van der Waals surface area contributed by atoms with Gasteiger partial charge in [0, 0.05) is 74.7 Å². The van der Waals surface area contributed by atoms with Crippen LogP contribution in [-0.2, 0) is 28.5 Å². The molecule has 516 valence electrons. The average molecular weight is 1330 g/mol. The summed E-state index contributed by atoms with van der Waals surface area (Å²) in [5.74, 6) is -8.98. The maximum Gasteiger partial charge on any atom is 0.341 e. The normalized spacial score (nSPS) is 40.1. The van der Waals surface area contributed by atoms with Crippen LogP contribution in [0.15, 0.2) is 102 Å². The summed E-state index contributed by atoms with van der Waals surface area (Å²) in [6.45, 7) is 7.73. The summed E-state index contributed by atoms with van der Waals surface area (Å²) in [5.41, 5.74) is 11.2. The number of alkyl halides is 1. The lowest BCUT2D eigenvalue weighted by Gasteiger charge is -2.45. The van der Waals surface area contributed by atoms with E-state index in [1.54, 1.807) is 91.7 Å². The maximum absolute atomic E-state index is 15.0. The van der Waals surface area contributed by atoms with E-state index in [4.69, 9.17) is 42.0 Å². The number of carboxylic acid groups (broad SMARTS) is 2. The van der Waals surface area contributed by atoms with Gasteiger partial charge in [-0.05, 0) is 52.0 Å². The van der Waals surface area contributed by atoms with Crippen LogP contribution in [0.5, 0.6) is 0 Å². The molecular formula is C66H91ClF2N4O20. The van der Waals surface area contributed by atoms with E-state index in [1.807, 2.05) is 13.0 Å². The SMILES string of the molecule is CC1OC(O[C@H]2/C=C/C=C/C=C/C=C/C=C/C=C/C=C\[C@H](C)[C@@H](O)[C@H](C)[C@H](C)OC(=O)C[C@H](O)C[C@H](O)[C@@H](O)CC[C@H](O)C[C@H](O)C[C@]3(O)C[C@H](O)[C@@H](C(=O)O)[C@H](C2)O3)C(O)C(N)C1O.N[C@@H]1CN(c2c(F)cc3c(=O)c(C(=O)O)cn(C4C[C@@H]4F)c3c2Cl)CC12CC2. The van der Waals surface area contributed by atoms with Gasteiger partial charge in [0.05, 0.1) is 107 Å². The average Bonchev–Trinajstić information content (AvgIpc) is 1.65. The first-order valence-electron chi connectivity index (χ1n) is 31.5. The summed E-state index contributed by atoms with van der Waals surface area (Å²) < 4.78 is 53.4. The largest absolute Gasteiger partial charge is 0.481 e. The van der Waals surface area contributed by atoms with Crippen LogP contribution in [-0.4, -0.2) is 207 Å². The number of ether oxygens (including phenoxy) is 4. The van der Waals surface area contributed by atoms with Gasteiger partial charge < -0.3 is 101 Å². The van der Waals surface area contributed by atoms with Gasteiger partial charge >= 0.3 is 17.9 Å². The third-order valence-electron chi connectivity index (χ3n) is 18.4. The number of aliphatic hydroxyl groups excluding tert-OH is 9. The summed E-state index contributed by atoms with van der Waals surface area (Å²) >= 11 is 6.56. The van der Waals surface area contributed by atoms with Crippen molar-refractivity contribution >= 4 is 46.1 Å². The van der Waals surface area contributed by atoms with Crippen LogP contribution in [0.25, 0.3) is 10.9 Å². The van der Waals surface area contributed by atoms with E-state index in [0.29, 0.717) is 13.1 Å². The number of anilines is 1. The first kappa shape index (κ1) is 74.8. The lowest BCUT2D eigenvalue weighted by molar-refractivity contribution is -0.308. The zero-order valence-electron chi connectivity index (χ0n) is 52.4. The van der Waals surface area contributed by atoms with Crippen molar-refractivity contribution in [3.05, 3.63) is 124 Å². The van der Waals surface area contributed by atoms with Gasteiger partial charge in [-0.15, -0.1) is 0 Å². The highest BCUT2D eigenvalue weighted by Crippen LogP contribution is 2.54. The standard InChI is InChI=1S/C47H73NO17.C19H18ClF2N3O3/c1-27-17-15-13-11-9-7-5-6-8-10-12-14-16-18-34(64-46-44(58)41(48)43(57)30(4)63-46)24-38-40(45(59)60)37(54)26-47(61,65-38)25-33(51)21-31(49)19-20-35(52)36(53)22-32(50)23-39(55)62-29(3)28(2)42(27)56;20-14-15-8(17(26)9(18(27)28)5-25(15)12-4-10(12)21)3-11(22)16(14)24-6-13(23)19(7-24)1-2-19/h5-18,27-38,40-44,46,49-54,56-58,61H,19-26,48H2,1-4H3,(H,59,60);3,5,10,12-13H,1-2,4,6-7,23H2,(H,27,28)/b6-5+,9-7+,10-8+,13-11+,14-12+,17-15-,18-16+;/t27-,28+,29-,30?,31-,32+,33-,34-,35-,36-,37-,38-,40+,41?,42+,43?,44?,46?,47+;10-,12?,13+/m00/s1. The predicted molar refractivity (Wildman–Crippen MR) is 338 cm³/mol. The summed E-state index contributed by atoms with van der Waals surface area (Å²) in [7, 11) is 0. The molecular weight excluding hydrogens is 1240 g/mol. The van der Waals surface area contributed by atoms with E-state index in [1.165, 1.54) is 17.6 Å². The minimum Gasteiger partial charge on any atom is -0.481 e. The summed E-state index contributed by atoms with van der Waals surface area (Å²) in [6.07, 6.45) is 5.66. The van der Waals surface area contributed by atoms with Gasteiger partial charge in [0.15, 0.2) is 12.1 Å². The van der Waals surface area contributed by atoms with Crippen LogP contribution in [0.1, 0.15) is 115 Å². The van der Waals surface area contributed by atoms with Crippen LogP contribution in [0.2, 0.25) is 5.02 Å². The maximum atomic E-state index is 15.0. The van der Waals surface area contributed by atoms with Gasteiger partial charge in [0.2, 0.25) is 5.43 Å². The van der Waals surface area contributed by atoms with Crippen LogP contribution < -0.4 is 21.8 Å². The summed E-state index contributed by atoms with van der Waals surface area (Å²) in [4.78, 5) is 50.9. The van der Waals surface area contributed by atoms with Crippen molar-refractivity contribution in [2.45, 2.75) is 214 Å². The number of rotatable bonds is 6. The zero-order chi connectivity index (χ0) is 68.4. The molecule has 5 fully saturated rings. The number of cyclic esters (lactones) is 1. The topological polar surface area (TPSA) is 408 Å². The Balaban J connectivity index is 0.000000357. The molecule has 3 saturated heterocycles. The number of benzene rings is 1. The molecule has 8 rings (SSSR count). The number of fused-ring (bicyclic) bond motifs is 3. The minimum absolute atomic E-state index is 0.00645. The minimum atomic E-state index is -2.29. The van der Waals surface area contributed by atoms with E-state index in [0.717, 1.165) is 25.1 Å². The number of hydrogen-bond donors (Lipinski definition) is 14. The molecule has 93 heavy (non-hydrogen) atoms. The summed E-state index contributed by atoms with van der Waals surface area (Å²) in [6, 6.07) is -0.836. The van der Waals surface area contributed by atoms with Crippen molar-refractivity contribution in [2.24, 2.45) is 34.6 Å². The van der Waals surface area contributed by atoms with E-state index >= 15 is 4.39 Å². The highest BCUT2D eigenvalue weighted by Gasteiger charge is 2.55. The molecule has 27 heteroatoms. The Morgan fingerprint density at radius 2 is 1.33 bits per heavy atom. The van der Waals surface area contributed by atoms with Gasteiger partial charge in [-0.2, -0.15) is 0 Å². The van der Waals surface area contributed by atoms with Crippen molar-refractivity contribution in [1.29, 1.82) is 0 Å². The van der Waals surface area contributed by atoms with E-state index in [9.17, 15) is 84.8 Å². The second-order valence-electron chi connectivity index (χ2n) is 25.7. The van der Waals surface area contributed by atoms with Gasteiger partial charge in [0.1, 0.15) is 35.7 Å². The lowest BCUT2D eigenvalue weighted by atomic mass is 9.82. The van der Waals surface area contributed by atoms with Crippen LogP contribution in [0.3, 0.4) is 0 Å². The monoisotopic (exact) mass is 1330 g/mol. The van der Waals surface area contributed by atoms with Gasteiger partial charge in [0.25, 0.3) is 0 Å². The number of aliphatic hydroxyl groups is 10. The fourth-order valence-electron chi connectivity index (χ4n) is 12.4. The number of carboxylic acids is 2. The second-order valence-corrected chi connectivity index (χ2v) is 26.1. The Kier molecular flexibility index (Phi) is 26.4. The molecule has 2 bridgehead atoms. The molecule has 24 nitrogen and oxygen atoms in total. The second kappa shape index (κ2) is 32.9. The van der Waals surface area contributed by atoms with Crippen molar-refractivity contribution in [3.63, 3.8) is 0 Å². The predicted octanol–water partition coefficient (Wildman–Crippen LogP) is 3.41. The first-order valence-corrected chi connectivity index (χ1v) is 31.9. The number of hydrogen-bond acceptors (Lipinski definition) is 21. The van der Waals surface area contributed by atoms with Crippen molar-refractivity contribution in [2.75, 3.05) is 18.0 Å². The number of carbonyl (C=O) groups excluding carboxylic acids is 1. The molecule has 2 saturated carbocycles. The Morgan fingerprint density at radius 1 is 0.731 bits per heavy atom. The van der Waals surface area contributed by atoms with Gasteiger partial charge in [-0.25, -0.2) is 13.6 Å². The molecule has 22 atom stereocenters. The Labute approximate surface area is 542 Å². The van der Waals surface area contributed by atoms with Crippen LogP contribution >= 0.6 is 11.6 Å². The van der Waals surface area contributed by atoms with E-state index in [2.05, 4.69) is 0 Å².